The highest BCUT2D eigenvalue weighted by molar-refractivity contribution is 5.75. The molecule has 3 atom stereocenters. The van der Waals surface area contributed by atoms with Crippen molar-refractivity contribution in [2.45, 2.75) is 70.1 Å². The molecule has 0 aromatic rings. The maximum absolute atomic E-state index is 11.9. The van der Waals surface area contributed by atoms with Crippen LogP contribution in [-0.4, -0.2) is 41.6 Å². The number of piperidine rings is 2. The number of nitrogens with zero attached hydrogens (tertiary/aromatic N) is 1. The highest BCUT2D eigenvalue weighted by Crippen LogP contribution is 2.35. The summed E-state index contributed by atoms with van der Waals surface area (Å²) in [5.74, 6) is -0.0835. The van der Waals surface area contributed by atoms with Gasteiger partial charge in [-0.05, 0) is 39.5 Å². The average Bonchev–Trinajstić information content (AvgIpc) is 2.27. The molecule has 0 spiro atoms. The van der Waals surface area contributed by atoms with Gasteiger partial charge in [-0.3, -0.25) is 9.69 Å². The van der Waals surface area contributed by atoms with Crippen molar-refractivity contribution in [2.24, 2.45) is 5.73 Å². The molecule has 0 aromatic heterocycles. The lowest BCUT2D eigenvalue weighted by molar-refractivity contribution is -0.153. The molecule has 2 N–H and O–H groups in total. The number of carbonyl (C=O) groups excluding carboxylic acids is 1. The molecule has 0 aliphatic carbocycles. The van der Waals surface area contributed by atoms with E-state index in [9.17, 15) is 4.79 Å². The lowest BCUT2D eigenvalue weighted by atomic mass is 9.81. The molecule has 2 bridgehead atoms. The first-order valence-electron chi connectivity index (χ1n) is 6.83. The highest BCUT2D eigenvalue weighted by atomic mass is 16.5. The molecule has 0 saturated carbocycles. The van der Waals surface area contributed by atoms with Gasteiger partial charge in [0, 0.05) is 18.1 Å². The number of ether oxygens (including phenoxy) is 1. The van der Waals surface area contributed by atoms with Crippen LogP contribution in [0.5, 0.6) is 0 Å². The number of fused-ring (bicyclic) bond motifs is 2. The number of esters is 1. The van der Waals surface area contributed by atoms with E-state index in [4.69, 9.17) is 10.5 Å². The summed E-state index contributed by atoms with van der Waals surface area (Å²) in [5.41, 5.74) is 6.08. The van der Waals surface area contributed by atoms with E-state index in [0.717, 1.165) is 12.8 Å². The molecule has 98 valence electrons. The predicted molar refractivity (Wildman–Crippen MR) is 66.6 cm³/mol. The summed E-state index contributed by atoms with van der Waals surface area (Å²) >= 11 is 0. The Balaban J connectivity index is 2.06. The zero-order valence-corrected chi connectivity index (χ0v) is 10.9. The van der Waals surface area contributed by atoms with Crippen LogP contribution in [-0.2, 0) is 9.53 Å². The summed E-state index contributed by atoms with van der Waals surface area (Å²) in [6.45, 7) is 4.30. The zero-order valence-electron chi connectivity index (χ0n) is 10.9. The minimum absolute atomic E-state index is 0.0835. The minimum Gasteiger partial charge on any atom is -0.465 e. The summed E-state index contributed by atoms with van der Waals surface area (Å²) in [5, 5.41) is 0. The monoisotopic (exact) mass is 240 g/mol. The van der Waals surface area contributed by atoms with Crippen LogP contribution >= 0.6 is 0 Å². The van der Waals surface area contributed by atoms with Crippen molar-refractivity contribution in [1.82, 2.24) is 4.90 Å². The molecule has 2 aliphatic heterocycles. The van der Waals surface area contributed by atoms with E-state index >= 15 is 0 Å². The SMILES string of the molecule is CCOC(=O)C(C)N1C2CCCC1CC(N)C2. The summed E-state index contributed by atoms with van der Waals surface area (Å²) in [6.07, 6.45) is 5.68. The standard InChI is InChI=1S/C13H24N2O2/c1-3-17-13(16)9(2)15-11-5-4-6-12(15)8-10(14)7-11/h9-12H,3-8,14H2,1-2H3. The van der Waals surface area contributed by atoms with Gasteiger partial charge in [-0.1, -0.05) is 6.42 Å². The van der Waals surface area contributed by atoms with Gasteiger partial charge in [0.05, 0.1) is 6.61 Å². The van der Waals surface area contributed by atoms with E-state index in [0.29, 0.717) is 24.7 Å². The summed E-state index contributed by atoms with van der Waals surface area (Å²) in [6, 6.07) is 1.17. The van der Waals surface area contributed by atoms with Gasteiger partial charge in [-0.25, -0.2) is 0 Å². The van der Waals surface area contributed by atoms with E-state index in [1.165, 1.54) is 19.3 Å². The topological polar surface area (TPSA) is 55.6 Å². The first kappa shape index (κ1) is 12.8. The third-order valence-corrected chi connectivity index (χ3v) is 4.14. The lowest BCUT2D eigenvalue weighted by Gasteiger charge is -2.50. The van der Waals surface area contributed by atoms with Gasteiger partial charge in [0.1, 0.15) is 6.04 Å². The largest absolute Gasteiger partial charge is 0.465 e. The normalized spacial score (nSPS) is 35.4. The number of rotatable bonds is 3. The quantitative estimate of drug-likeness (QED) is 0.755. The number of carbonyl (C=O) groups is 1. The molecule has 2 rings (SSSR count). The Morgan fingerprint density at radius 2 is 2.00 bits per heavy atom. The van der Waals surface area contributed by atoms with Crippen LogP contribution in [0, 0.1) is 0 Å². The Morgan fingerprint density at radius 3 is 2.53 bits per heavy atom. The fourth-order valence-electron chi connectivity index (χ4n) is 3.48. The van der Waals surface area contributed by atoms with Crippen molar-refractivity contribution in [2.75, 3.05) is 6.61 Å². The van der Waals surface area contributed by atoms with Gasteiger partial charge in [0.2, 0.25) is 0 Å². The van der Waals surface area contributed by atoms with Crippen molar-refractivity contribution < 1.29 is 9.53 Å². The molecular weight excluding hydrogens is 216 g/mol. The third kappa shape index (κ3) is 2.63. The first-order valence-corrected chi connectivity index (χ1v) is 6.83. The van der Waals surface area contributed by atoms with Gasteiger partial charge in [-0.2, -0.15) is 0 Å². The Hall–Kier alpha value is -0.610. The molecule has 4 nitrogen and oxygen atoms in total. The molecule has 2 fully saturated rings. The number of nitrogens with two attached hydrogens (primary N) is 1. The Morgan fingerprint density at radius 1 is 1.41 bits per heavy atom. The Labute approximate surface area is 103 Å². The second-order valence-corrected chi connectivity index (χ2v) is 5.35. The van der Waals surface area contributed by atoms with Crippen molar-refractivity contribution >= 4 is 5.97 Å². The smallest absolute Gasteiger partial charge is 0.323 e. The van der Waals surface area contributed by atoms with Crippen LogP contribution in [0.15, 0.2) is 0 Å². The van der Waals surface area contributed by atoms with Crippen molar-refractivity contribution in [3.63, 3.8) is 0 Å². The molecule has 4 heteroatoms. The summed E-state index contributed by atoms with van der Waals surface area (Å²) in [7, 11) is 0. The molecule has 0 amide bonds. The Kier molecular flexibility index (Phi) is 4.05. The van der Waals surface area contributed by atoms with Crippen LogP contribution in [0.3, 0.4) is 0 Å². The third-order valence-electron chi connectivity index (χ3n) is 4.14. The molecule has 0 radical (unpaired) electrons. The number of hydrogen-bond acceptors (Lipinski definition) is 4. The van der Waals surface area contributed by atoms with E-state index in [1.54, 1.807) is 0 Å². The van der Waals surface area contributed by atoms with Gasteiger partial charge >= 0.3 is 5.97 Å². The van der Waals surface area contributed by atoms with Crippen LogP contribution in [0.2, 0.25) is 0 Å². The molecule has 0 aromatic carbocycles. The van der Waals surface area contributed by atoms with Crippen molar-refractivity contribution in [3.8, 4) is 0 Å². The van der Waals surface area contributed by atoms with Gasteiger partial charge in [0.25, 0.3) is 0 Å². The predicted octanol–water partition coefficient (Wildman–Crippen LogP) is 1.28. The Bertz CT molecular complexity index is 269. The van der Waals surface area contributed by atoms with Crippen LogP contribution < -0.4 is 5.73 Å². The minimum atomic E-state index is -0.113. The first-order chi connectivity index (χ1) is 8.13. The van der Waals surface area contributed by atoms with Crippen molar-refractivity contribution in [1.29, 1.82) is 0 Å². The van der Waals surface area contributed by atoms with E-state index in [1.807, 2.05) is 13.8 Å². The van der Waals surface area contributed by atoms with Crippen LogP contribution in [0.1, 0.15) is 46.0 Å². The maximum Gasteiger partial charge on any atom is 0.323 e. The fourth-order valence-corrected chi connectivity index (χ4v) is 3.48. The molecule has 3 unspecified atom stereocenters. The van der Waals surface area contributed by atoms with Gasteiger partial charge in [0.15, 0.2) is 0 Å². The second kappa shape index (κ2) is 5.36. The molecule has 2 aliphatic rings. The van der Waals surface area contributed by atoms with E-state index in [-0.39, 0.29) is 12.0 Å². The lowest BCUT2D eigenvalue weighted by Crippen LogP contribution is -2.60. The molecule has 2 saturated heterocycles. The second-order valence-electron chi connectivity index (χ2n) is 5.35. The summed E-state index contributed by atoms with van der Waals surface area (Å²) < 4.78 is 5.14. The molecule has 17 heavy (non-hydrogen) atoms. The highest BCUT2D eigenvalue weighted by Gasteiger charge is 2.41. The maximum atomic E-state index is 11.9. The van der Waals surface area contributed by atoms with E-state index in [2.05, 4.69) is 4.90 Å². The zero-order chi connectivity index (χ0) is 12.4. The number of hydrogen-bond donors (Lipinski definition) is 1. The van der Waals surface area contributed by atoms with Crippen molar-refractivity contribution in [3.05, 3.63) is 0 Å². The molecule has 2 heterocycles. The van der Waals surface area contributed by atoms with Crippen LogP contribution in [0.4, 0.5) is 0 Å². The van der Waals surface area contributed by atoms with E-state index < -0.39 is 0 Å². The van der Waals surface area contributed by atoms with Crippen LogP contribution in [0.25, 0.3) is 0 Å². The molecular formula is C13H24N2O2. The van der Waals surface area contributed by atoms with Gasteiger partial charge < -0.3 is 10.5 Å². The summed E-state index contributed by atoms with van der Waals surface area (Å²) in [4.78, 5) is 14.2. The van der Waals surface area contributed by atoms with Gasteiger partial charge in [-0.15, -0.1) is 0 Å². The average molecular weight is 240 g/mol. The fraction of sp³-hybridized carbons (Fsp3) is 0.923.